The summed E-state index contributed by atoms with van der Waals surface area (Å²) in [6.45, 7) is 1.19. The molecule has 0 aliphatic carbocycles. The number of hydrogen-bond acceptors (Lipinski definition) is 5. The van der Waals surface area contributed by atoms with Crippen molar-refractivity contribution in [2.75, 3.05) is 6.26 Å². The Kier molecular flexibility index (Phi) is 4.27. The Hall–Kier alpha value is -1.91. The van der Waals surface area contributed by atoms with Gasteiger partial charge in [-0.05, 0) is 13.0 Å². The topological polar surface area (TPSA) is 97.1 Å². The fourth-order valence-electron chi connectivity index (χ4n) is 2.03. The van der Waals surface area contributed by atoms with Crippen molar-refractivity contribution in [1.82, 2.24) is 19.5 Å². The molecule has 7 nitrogen and oxygen atoms in total. The van der Waals surface area contributed by atoms with Crippen molar-refractivity contribution in [2.24, 2.45) is 0 Å². The van der Waals surface area contributed by atoms with Crippen LogP contribution in [0.15, 0.2) is 30.9 Å². The molecule has 0 fully saturated rings. The summed E-state index contributed by atoms with van der Waals surface area (Å²) in [6, 6.07) is 2.60. The molecule has 2 aromatic rings. The monoisotopic (exact) mass is 332 g/mol. The van der Waals surface area contributed by atoms with Gasteiger partial charge >= 0.3 is 0 Å². The standard InChI is InChI=1S/C12H14F2N4O3S/c1-12(19,9-4-3-8(13)5-10(9)14)11(17-22(2,20)21)18-7-15-6-16-18/h3-7,11,17,19H,1-2H3. The molecule has 2 N–H and O–H groups in total. The Morgan fingerprint density at radius 3 is 2.59 bits per heavy atom. The average molecular weight is 332 g/mol. The molecule has 1 heterocycles. The van der Waals surface area contributed by atoms with E-state index in [2.05, 4.69) is 14.8 Å². The van der Waals surface area contributed by atoms with E-state index in [1.54, 1.807) is 0 Å². The summed E-state index contributed by atoms with van der Waals surface area (Å²) >= 11 is 0. The first-order valence-electron chi connectivity index (χ1n) is 6.10. The number of hydrogen-bond donors (Lipinski definition) is 2. The number of nitrogens with zero attached hydrogens (tertiary/aromatic N) is 3. The highest BCUT2D eigenvalue weighted by molar-refractivity contribution is 7.88. The number of halogens is 2. The van der Waals surface area contributed by atoms with Crippen molar-refractivity contribution in [1.29, 1.82) is 0 Å². The Morgan fingerprint density at radius 2 is 2.09 bits per heavy atom. The van der Waals surface area contributed by atoms with Gasteiger partial charge in [0.25, 0.3) is 0 Å². The second kappa shape index (κ2) is 5.71. The van der Waals surface area contributed by atoms with Crippen molar-refractivity contribution < 1.29 is 22.3 Å². The van der Waals surface area contributed by atoms with Crippen molar-refractivity contribution in [2.45, 2.75) is 18.7 Å². The molecule has 10 heteroatoms. The quantitative estimate of drug-likeness (QED) is 0.832. The first kappa shape index (κ1) is 16.5. The van der Waals surface area contributed by atoms with Crippen LogP contribution in [-0.4, -0.2) is 34.5 Å². The van der Waals surface area contributed by atoms with Crippen molar-refractivity contribution in [3.63, 3.8) is 0 Å². The average Bonchev–Trinajstić information content (AvgIpc) is 2.87. The maximum atomic E-state index is 14.0. The Morgan fingerprint density at radius 1 is 1.41 bits per heavy atom. The lowest BCUT2D eigenvalue weighted by molar-refractivity contribution is -0.0126. The van der Waals surface area contributed by atoms with E-state index >= 15 is 0 Å². The van der Waals surface area contributed by atoms with E-state index in [4.69, 9.17) is 0 Å². The maximum absolute atomic E-state index is 14.0. The highest BCUT2D eigenvalue weighted by Gasteiger charge is 2.39. The molecular weight excluding hydrogens is 318 g/mol. The molecule has 0 bridgehead atoms. The van der Waals surface area contributed by atoms with Crippen LogP contribution in [0.1, 0.15) is 18.7 Å². The lowest BCUT2D eigenvalue weighted by Crippen LogP contribution is -2.46. The summed E-state index contributed by atoms with van der Waals surface area (Å²) in [5.41, 5.74) is -2.33. The van der Waals surface area contributed by atoms with Crippen LogP contribution in [0.5, 0.6) is 0 Å². The summed E-state index contributed by atoms with van der Waals surface area (Å²) in [5.74, 6) is -1.82. The second-order valence-electron chi connectivity index (χ2n) is 4.94. The van der Waals surface area contributed by atoms with Crippen LogP contribution >= 0.6 is 0 Å². The molecule has 0 saturated heterocycles. The third-order valence-electron chi connectivity index (χ3n) is 3.04. The molecule has 120 valence electrons. The fraction of sp³-hybridized carbons (Fsp3) is 0.333. The van der Waals surface area contributed by atoms with Gasteiger partial charge < -0.3 is 5.11 Å². The fourth-order valence-corrected chi connectivity index (χ4v) is 2.77. The van der Waals surface area contributed by atoms with E-state index in [0.29, 0.717) is 6.07 Å². The molecule has 1 aromatic heterocycles. The summed E-state index contributed by atoms with van der Waals surface area (Å²) in [4.78, 5) is 3.67. The number of aromatic nitrogens is 3. The minimum Gasteiger partial charge on any atom is -0.382 e. The lowest BCUT2D eigenvalue weighted by atomic mass is 9.92. The van der Waals surface area contributed by atoms with Crippen LogP contribution in [0, 0.1) is 11.6 Å². The van der Waals surface area contributed by atoms with Gasteiger partial charge in [-0.1, -0.05) is 6.07 Å². The molecule has 2 atom stereocenters. The van der Waals surface area contributed by atoms with Crippen LogP contribution < -0.4 is 4.72 Å². The summed E-state index contributed by atoms with van der Waals surface area (Å²) in [6.07, 6.45) is 1.81. The van der Waals surface area contributed by atoms with Gasteiger partial charge in [-0.15, -0.1) is 0 Å². The molecule has 0 saturated carbocycles. The van der Waals surface area contributed by atoms with Crippen molar-refractivity contribution in [3.05, 3.63) is 48.1 Å². The smallest absolute Gasteiger partial charge is 0.210 e. The second-order valence-corrected chi connectivity index (χ2v) is 6.72. The van der Waals surface area contributed by atoms with Gasteiger partial charge in [0.2, 0.25) is 10.0 Å². The van der Waals surface area contributed by atoms with Gasteiger partial charge in [0.15, 0.2) is 0 Å². The molecule has 1 aromatic carbocycles. The predicted octanol–water partition coefficient (Wildman–Crippen LogP) is 0.512. The van der Waals surface area contributed by atoms with Gasteiger partial charge in [0.1, 0.15) is 36.1 Å². The normalized spacial score (nSPS) is 16.2. The molecule has 0 aliphatic heterocycles. The summed E-state index contributed by atoms with van der Waals surface area (Å²) in [7, 11) is -3.76. The molecule has 0 spiro atoms. The summed E-state index contributed by atoms with van der Waals surface area (Å²) < 4.78 is 53.2. The van der Waals surface area contributed by atoms with Gasteiger partial charge in [0, 0.05) is 11.6 Å². The molecule has 2 rings (SSSR count). The Labute approximate surface area is 125 Å². The van der Waals surface area contributed by atoms with E-state index < -0.39 is 33.4 Å². The molecule has 0 radical (unpaired) electrons. The number of aliphatic hydroxyl groups is 1. The highest BCUT2D eigenvalue weighted by atomic mass is 32.2. The largest absolute Gasteiger partial charge is 0.382 e. The van der Waals surface area contributed by atoms with Crippen LogP contribution in [0.2, 0.25) is 0 Å². The third kappa shape index (κ3) is 3.46. The van der Waals surface area contributed by atoms with Gasteiger partial charge in [-0.25, -0.2) is 26.9 Å². The van der Waals surface area contributed by atoms with Gasteiger partial charge in [-0.3, -0.25) is 0 Å². The Bertz CT molecular complexity index is 763. The SMILES string of the molecule is CC(O)(c1ccc(F)cc1F)C(NS(C)(=O)=O)n1cncn1. The van der Waals surface area contributed by atoms with Gasteiger partial charge in [-0.2, -0.15) is 9.82 Å². The van der Waals surface area contributed by atoms with E-state index in [1.807, 2.05) is 0 Å². The highest BCUT2D eigenvalue weighted by Crippen LogP contribution is 2.33. The molecule has 0 aliphatic rings. The van der Waals surface area contributed by atoms with E-state index in [1.165, 1.54) is 13.3 Å². The number of benzene rings is 1. The minimum absolute atomic E-state index is 0.287. The number of nitrogens with one attached hydrogen (secondary N) is 1. The lowest BCUT2D eigenvalue weighted by Gasteiger charge is -2.33. The Balaban J connectivity index is 2.53. The first-order chi connectivity index (χ1) is 10.1. The van der Waals surface area contributed by atoms with Crippen LogP contribution in [0.3, 0.4) is 0 Å². The zero-order valence-electron chi connectivity index (χ0n) is 11.7. The van der Waals surface area contributed by atoms with Gasteiger partial charge in [0.05, 0.1) is 6.26 Å². The zero-order chi connectivity index (χ0) is 16.5. The third-order valence-corrected chi connectivity index (χ3v) is 3.69. The zero-order valence-corrected chi connectivity index (χ0v) is 12.6. The molecule has 0 amide bonds. The van der Waals surface area contributed by atoms with E-state index in [9.17, 15) is 22.3 Å². The van der Waals surface area contributed by atoms with E-state index in [-0.39, 0.29) is 5.56 Å². The molecular formula is C12H14F2N4O3S. The van der Waals surface area contributed by atoms with Crippen molar-refractivity contribution in [3.8, 4) is 0 Å². The van der Waals surface area contributed by atoms with E-state index in [0.717, 1.165) is 29.4 Å². The number of rotatable bonds is 5. The molecule has 2 unspecified atom stereocenters. The van der Waals surface area contributed by atoms with Crippen molar-refractivity contribution >= 4 is 10.0 Å². The van der Waals surface area contributed by atoms with Crippen LogP contribution in [-0.2, 0) is 15.6 Å². The minimum atomic E-state index is -3.76. The first-order valence-corrected chi connectivity index (χ1v) is 8.00. The predicted molar refractivity (Wildman–Crippen MR) is 73.0 cm³/mol. The summed E-state index contributed by atoms with van der Waals surface area (Å²) in [5, 5.41) is 14.4. The number of sulfonamides is 1. The molecule has 22 heavy (non-hydrogen) atoms. The van der Waals surface area contributed by atoms with Crippen LogP contribution in [0.25, 0.3) is 0 Å². The maximum Gasteiger partial charge on any atom is 0.210 e. The van der Waals surface area contributed by atoms with Crippen LogP contribution in [0.4, 0.5) is 8.78 Å².